The molecule has 1 heterocycles. The summed E-state index contributed by atoms with van der Waals surface area (Å²) in [6.45, 7) is 0. The molecule has 0 radical (unpaired) electrons. The summed E-state index contributed by atoms with van der Waals surface area (Å²) >= 11 is 3.41. The molecule has 0 spiro atoms. The third-order valence-corrected chi connectivity index (χ3v) is 3.64. The number of benzene rings is 1. The Morgan fingerprint density at radius 1 is 1.00 bits per heavy atom. The highest BCUT2D eigenvalue weighted by Crippen LogP contribution is 2.29. The molecule has 18 heavy (non-hydrogen) atoms. The van der Waals surface area contributed by atoms with Crippen LogP contribution in [-0.4, -0.2) is 9.97 Å². The van der Waals surface area contributed by atoms with Crippen molar-refractivity contribution in [2.75, 3.05) is 0 Å². The van der Waals surface area contributed by atoms with Gasteiger partial charge in [-0.3, -0.25) is 0 Å². The van der Waals surface area contributed by atoms with Crippen LogP contribution in [0.25, 0.3) is 0 Å². The average Bonchev–Trinajstić information content (AvgIpc) is 2.42. The molecule has 0 unspecified atom stereocenters. The molecule has 0 atom stereocenters. The zero-order chi connectivity index (χ0) is 12.4. The maximum absolute atomic E-state index is 5.86. The van der Waals surface area contributed by atoms with E-state index in [1.807, 2.05) is 24.3 Å². The molecule has 1 aliphatic rings. The molecule has 1 aromatic heterocycles. The van der Waals surface area contributed by atoms with E-state index in [-0.39, 0.29) is 0 Å². The Labute approximate surface area is 114 Å². The molecule has 0 N–H and O–H groups in total. The van der Waals surface area contributed by atoms with Crippen molar-refractivity contribution >= 4 is 15.9 Å². The Kier molecular flexibility index (Phi) is 3.28. The van der Waals surface area contributed by atoms with Gasteiger partial charge in [-0.1, -0.05) is 15.9 Å². The van der Waals surface area contributed by atoms with Gasteiger partial charge in [0.25, 0.3) is 0 Å². The maximum Gasteiger partial charge on any atom is 0.225 e. The Hall–Kier alpha value is -1.42. The van der Waals surface area contributed by atoms with E-state index in [9.17, 15) is 0 Å². The second-order valence-corrected chi connectivity index (χ2v) is 5.28. The standard InChI is InChI=1S/C14H13BrN2O/c15-10-5-7-11(8-6-10)18-14-12-3-1-2-4-13(12)16-9-17-14/h5-9H,1-4H2. The highest BCUT2D eigenvalue weighted by Gasteiger charge is 2.16. The third-order valence-electron chi connectivity index (χ3n) is 3.11. The second-order valence-electron chi connectivity index (χ2n) is 4.37. The molecule has 1 aliphatic carbocycles. The number of hydrogen-bond donors (Lipinski definition) is 0. The van der Waals surface area contributed by atoms with Crippen molar-refractivity contribution in [3.63, 3.8) is 0 Å². The van der Waals surface area contributed by atoms with Crippen molar-refractivity contribution in [1.82, 2.24) is 9.97 Å². The van der Waals surface area contributed by atoms with Gasteiger partial charge < -0.3 is 4.74 Å². The largest absolute Gasteiger partial charge is 0.439 e. The lowest BCUT2D eigenvalue weighted by Gasteiger charge is -2.17. The van der Waals surface area contributed by atoms with Gasteiger partial charge in [0.2, 0.25) is 5.88 Å². The van der Waals surface area contributed by atoms with E-state index in [0.717, 1.165) is 28.8 Å². The van der Waals surface area contributed by atoms with Gasteiger partial charge in [0, 0.05) is 10.0 Å². The van der Waals surface area contributed by atoms with E-state index in [2.05, 4.69) is 25.9 Å². The number of rotatable bonds is 2. The SMILES string of the molecule is Brc1ccc(Oc2ncnc3c2CCCC3)cc1. The number of aromatic nitrogens is 2. The first kappa shape index (κ1) is 11.7. The molecule has 0 fully saturated rings. The lowest BCUT2D eigenvalue weighted by Crippen LogP contribution is -2.08. The van der Waals surface area contributed by atoms with Crippen LogP contribution in [0.1, 0.15) is 24.1 Å². The highest BCUT2D eigenvalue weighted by atomic mass is 79.9. The topological polar surface area (TPSA) is 35.0 Å². The van der Waals surface area contributed by atoms with Gasteiger partial charge in [0.05, 0.1) is 5.69 Å². The number of fused-ring (bicyclic) bond motifs is 1. The van der Waals surface area contributed by atoms with Crippen molar-refractivity contribution in [1.29, 1.82) is 0 Å². The first-order chi connectivity index (χ1) is 8.83. The summed E-state index contributed by atoms with van der Waals surface area (Å²) in [5.74, 6) is 1.52. The van der Waals surface area contributed by atoms with Gasteiger partial charge in [0.1, 0.15) is 12.1 Å². The summed E-state index contributed by atoms with van der Waals surface area (Å²) < 4.78 is 6.90. The first-order valence-corrected chi connectivity index (χ1v) is 6.88. The van der Waals surface area contributed by atoms with Crippen LogP contribution in [0.5, 0.6) is 11.6 Å². The molecule has 0 amide bonds. The average molecular weight is 305 g/mol. The van der Waals surface area contributed by atoms with Gasteiger partial charge in [-0.2, -0.15) is 0 Å². The molecule has 92 valence electrons. The monoisotopic (exact) mass is 304 g/mol. The minimum absolute atomic E-state index is 0.710. The van der Waals surface area contributed by atoms with Gasteiger partial charge in [0.15, 0.2) is 0 Å². The lowest BCUT2D eigenvalue weighted by atomic mass is 9.97. The molecular formula is C14H13BrN2O. The van der Waals surface area contributed by atoms with Crippen molar-refractivity contribution < 1.29 is 4.74 Å². The smallest absolute Gasteiger partial charge is 0.225 e. The van der Waals surface area contributed by atoms with Gasteiger partial charge in [-0.05, 0) is 49.9 Å². The maximum atomic E-state index is 5.86. The number of halogens is 1. The van der Waals surface area contributed by atoms with Crippen molar-refractivity contribution in [2.24, 2.45) is 0 Å². The Morgan fingerprint density at radius 2 is 1.78 bits per heavy atom. The summed E-state index contributed by atoms with van der Waals surface area (Å²) in [4.78, 5) is 8.60. The predicted octanol–water partition coefficient (Wildman–Crippen LogP) is 3.91. The quantitative estimate of drug-likeness (QED) is 0.844. The van der Waals surface area contributed by atoms with E-state index < -0.39 is 0 Å². The normalized spacial score (nSPS) is 14.1. The molecule has 0 saturated carbocycles. The lowest BCUT2D eigenvalue weighted by molar-refractivity contribution is 0.447. The number of hydrogen-bond acceptors (Lipinski definition) is 3. The van der Waals surface area contributed by atoms with E-state index >= 15 is 0 Å². The zero-order valence-corrected chi connectivity index (χ0v) is 11.5. The zero-order valence-electron chi connectivity index (χ0n) is 9.90. The first-order valence-electron chi connectivity index (χ1n) is 6.09. The molecule has 0 saturated heterocycles. The van der Waals surface area contributed by atoms with Crippen LogP contribution >= 0.6 is 15.9 Å². The Bertz CT molecular complexity index is 554. The number of nitrogens with zero attached hydrogens (tertiary/aromatic N) is 2. The summed E-state index contributed by atoms with van der Waals surface area (Å²) in [6.07, 6.45) is 6.05. The summed E-state index contributed by atoms with van der Waals surface area (Å²) in [5.41, 5.74) is 2.31. The molecule has 3 nitrogen and oxygen atoms in total. The minimum Gasteiger partial charge on any atom is -0.439 e. The Morgan fingerprint density at radius 3 is 2.61 bits per heavy atom. The molecule has 4 heteroatoms. The molecule has 3 rings (SSSR count). The minimum atomic E-state index is 0.710. The van der Waals surface area contributed by atoms with Crippen LogP contribution in [0.4, 0.5) is 0 Å². The van der Waals surface area contributed by atoms with Crippen molar-refractivity contribution in [3.8, 4) is 11.6 Å². The van der Waals surface area contributed by atoms with E-state index in [1.165, 1.54) is 18.4 Å². The van der Waals surface area contributed by atoms with Gasteiger partial charge in [-0.15, -0.1) is 0 Å². The molecule has 2 aromatic rings. The van der Waals surface area contributed by atoms with Crippen LogP contribution in [0, 0.1) is 0 Å². The van der Waals surface area contributed by atoms with E-state index in [0.29, 0.717) is 5.88 Å². The van der Waals surface area contributed by atoms with Crippen LogP contribution < -0.4 is 4.74 Å². The summed E-state index contributed by atoms with van der Waals surface area (Å²) in [5, 5.41) is 0. The molecule has 1 aromatic carbocycles. The number of aryl methyl sites for hydroxylation is 1. The second kappa shape index (κ2) is 5.06. The predicted molar refractivity (Wildman–Crippen MR) is 72.9 cm³/mol. The third kappa shape index (κ3) is 2.38. The van der Waals surface area contributed by atoms with Crippen LogP contribution in [-0.2, 0) is 12.8 Å². The van der Waals surface area contributed by atoms with Crippen LogP contribution in [0.15, 0.2) is 35.1 Å². The molecule has 0 bridgehead atoms. The fourth-order valence-corrected chi connectivity index (χ4v) is 2.46. The van der Waals surface area contributed by atoms with E-state index in [1.54, 1.807) is 6.33 Å². The van der Waals surface area contributed by atoms with Crippen LogP contribution in [0.2, 0.25) is 0 Å². The summed E-state index contributed by atoms with van der Waals surface area (Å²) in [7, 11) is 0. The molecular weight excluding hydrogens is 292 g/mol. The van der Waals surface area contributed by atoms with Gasteiger partial charge in [-0.25, -0.2) is 9.97 Å². The van der Waals surface area contributed by atoms with E-state index in [4.69, 9.17) is 4.74 Å². The Balaban J connectivity index is 1.90. The molecule has 0 aliphatic heterocycles. The highest BCUT2D eigenvalue weighted by molar-refractivity contribution is 9.10. The van der Waals surface area contributed by atoms with Crippen molar-refractivity contribution in [2.45, 2.75) is 25.7 Å². The van der Waals surface area contributed by atoms with Gasteiger partial charge >= 0.3 is 0 Å². The van der Waals surface area contributed by atoms with Crippen molar-refractivity contribution in [3.05, 3.63) is 46.3 Å². The summed E-state index contributed by atoms with van der Waals surface area (Å²) in [6, 6.07) is 7.79. The fraction of sp³-hybridized carbons (Fsp3) is 0.286. The fourth-order valence-electron chi connectivity index (χ4n) is 2.19. The van der Waals surface area contributed by atoms with Crippen LogP contribution in [0.3, 0.4) is 0 Å². The number of ether oxygens (including phenoxy) is 1.